The third kappa shape index (κ3) is 4.20. The number of benzene rings is 1. The maximum absolute atomic E-state index is 12.6. The minimum Gasteiger partial charge on any atom is -0.490 e. The van der Waals surface area contributed by atoms with Gasteiger partial charge >= 0.3 is 0 Å². The van der Waals surface area contributed by atoms with Crippen molar-refractivity contribution in [3.63, 3.8) is 0 Å². The Bertz CT molecular complexity index is 1220. The van der Waals surface area contributed by atoms with Gasteiger partial charge in [-0.25, -0.2) is 4.98 Å². The minimum absolute atomic E-state index is 0.0732. The molecule has 3 heterocycles. The van der Waals surface area contributed by atoms with Gasteiger partial charge < -0.3 is 14.2 Å². The summed E-state index contributed by atoms with van der Waals surface area (Å²) >= 11 is 0. The molecule has 1 fully saturated rings. The number of nitrogens with zero attached hydrogens (tertiary/aromatic N) is 4. The average molecular weight is 431 g/mol. The van der Waals surface area contributed by atoms with Crippen LogP contribution in [-0.2, 0) is 7.05 Å². The van der Waals surface area contributed by atoms with E-state index < -0.39 is 0 Å². The summed E-state index contributed by atoms with van der Waals surface area (Å²) in [6.45, 7) is 8.11. The number of anilines is 1. The monoisotopic (exact) mass is 430 g/mol. The Hall–Kier alpha value is -3.33. The summed E-state index contributed by atoms with van der Waals surface area (Å²) in [5, 5.41) is 9.32. The lowest BCUT2D eigenvalue weighted by atomic mass is 9.91. The highest BCUT2D eigenvalue weighted by Gasteiger charge is 2.31. The van der Waals surface area contributed by atoms with Gasteiger partial charge in [-0.05, 0) is 42.2 Å². The van der Waals surface area contributed by atoms with Crippen LogP contribution in [0.15, 0.2) is 47.3 Å². The van der Waals surface area contributed by atoms with E-state index in [1.54, 1.807) is 29.8 Å². The molecular formula is C26H30N4O2. The molecule has 2 aromatic heterocycles. The molecule has 0 spiro atoms. The standard InChI is InChI=1S/C26H30N4O2/c1-5-18-16-30(12-11-24(18)32-21-8-6-7-19(13-21)17(2)3)23-14-25(31)29(4)22-10-9-20(15-27)28-26(22)23/h6-10,13-14,17-18,24H,5,11-12,16H2,1-4H3. The van der Waals surface area contributed by atoms with E-state index in [-0.39, 0.29) is 11.7 Å². The van der Waals surface area contributed by atoms with Crippen LogP contribution in [0.5, 0.6) is 5.75 Å². The van der Waals surface area contributed by atoms with Crippen LogP contribution in [0.25, 0.3) is 11.0 Å². The number of pyridine rings is 2. The third-order valence-corrected chi connectivity index (χ3v) is 6.52. The van der Waals surface area contributed by atoms with Crippen LogP contribution in [0, 0.1) is 17.2 Å². The topological polar surface area (TPSA) is 71.2 Å². The number of aryl methyl sites for hydroxylation is 1. The minimum atomic E-state index is -0.0732. The molecule has 0 amide bonds. The predicted octanol–water partition coefficient (Wildman–Crippen LogP) is 4.61. The predicted molar refractivity (Wildman–Crippen MR) is 127 cm³/mol. The molecule has 0 radical (unpaired) electrons. The average Bonchev–Trinajstić information content (AvgIpc) is 2.81. The first-order chi connectivity index (χ1) is 15.4. The Morgan fingerprint density at radius 2 is 2.06 bits per heavy atom. The molecule has 6 heteroatoms. The zero-order valence-electron chi connectivity index (χ0n) is 19.2. The Balaban J connectivity index is 1.62. The number of hydrogen-bond acceptors (Lipinski definition) is 5. The number of piperidine rings is 1. The highest BCUT2D eigenvalue weighted by molar-refractivity contribution is 5.88. The van der Waals surface area contributed by atoms with Gasteiger partial charge in [0.2, 0.25) is 0 Å². The van der Waals surface area contributed by atoms with Crippen LogP contribution in [0.1, 0.15) is 50.8 Å². The van der Waals surface area contributed by atoms with E-state index in [0.717, 1.165) is 42.9 Å². The smallest absolute Gasteiger partial charge is 0.252 e. The van der Waals surface area contributed by atoms with Crippen LogP contribution >= 0.6 is 0 Å². The van der Waals surface area contributed by atoms with Crippen molar-refractivity contribution < 1.29 is 4.74 Å². The maximum Gasteiger partial charge on any atom is 0.252 e. The number of ether oxygens (including phenoxy) is 1. The molecule has 3 aromatic rings. The molecule has 1 aliphatic rings. The molecule has 4 rings (SSSR count). The van der Waals surface area contributed by atoms with Gasteiger partial charge in [-0.1, -0.05) is 32.9 Å². The summed E-state index contributed by atoms with van der Waals surface area (Å²) in [5.74, 6) is 1.71. The highest BCUT2D eigenvalue weighted by atomic mass is 16.5. The van der Waals surface area contributed by atoms with E-state index in [2.05, 4.69) is 54.9 Å². The zero-order chi connectivity index (χ0) is 22.8. The van der Waals surface area contributed by atoms with Gasteiger partial charge in [0.15, 0.2) is 0 Å². The summed E-state index contributed by atoms with van der Waals surface area (Å²) in [5.41, 5.74) is 3.80. The van der Waals surface area contributed by atoms with Gasteiger partial charge in [-0.2, -0.15) is 5.26 Å². The van der Waals surface area contributed by atoms with Gasteiger partial charge in [-0.15, -0.1) is 0 Å². The molecule has 2 atom stereocenters. The fourth-order valence-corrected chi connectivity index (χ4v) is 4.51. The fraction of sp³-hybridized carbons (Fsp3) is 0.423. The van der Waals surface area contributed by atoms with Crippen molar-refractivity contribution in [2.75, 3.05) is 18.0 Å². The van der Waals surface area contributed by atoms with Crippen LogP contribution in [0.2, 0.25) is 0 Å². The lowest BCUT2D eigenvalue weighted by molar-refractivity contribution is 0.109. The van der Waals surface area contributed by atoms with E-state index in [4.69, 9.17) is 4.74 Å². The Morgan fingerprint density at radius 1 is 1.25 bits per heavy atom. The SMILES string of the molecule is CCC1CN(c2cc(=O)n(C)c3ccc(C#N)nc23)CCC1Oc1cccc(C(C)C)c1. The van der Waals surface area contributed by atoms with Crippen molar-refractivity contribution in [3.05, 3.63) is 64.1 Å². The largest absolute Gasteiger partial charge is 0.490 e. The summed E-state index contributed by atoms with van der Waals surface area (Å²) in [6.07, 6.45) is 1.96. The van der Waals surface area contributed by atoms with Crippen molar-refractivity contribution in [1.29, 1.82) is 5.26 Å². The lowest BCUT2D eigenvalue weighted by Gasteiger charge is -2.39. The first kappa shape index (κ1) is 21.9. The Labute approximate surface area is 189 Å². The van der Waals surface area contributed by atoms with Crippen molar-refractivity contribution >= 4 is 16.7 Å². The van der Waals surface area contributed by atoms with Gasteiger partial charge in [0.1, 0.15) is 29.1 Å². The van der Waals surface area contributed by atoms with Crippen LogP contribution in [0.4, 0.5) is 5.69 Å². The van der Waals surface area contributed by atoms with E-state index in [1.807, 2.05) is 6.07 Å². The Morgan fingerprint density at radius 3 is 2.78 bits per heavy atom. The van der Waals surface area contributed by atoms with Gasteiger partial charge in [-0.3, -0.25) is 4.79 Å². The first-order valence-corrected chi connectivity index (χ1v) is 11.3. The maximum atomic E-state index is 12.6. The number of hydrogen-bond donors (Lipinski definition) is 0. The molecule has 6 nitrogen and oxygen atoms in total. The molecule has 166 valence electrons. The molecule has 1 saturated heterocycles. The van der Waals surface area contributed by atoms with Crippen LogP contribution < -0.4 is 15.2 Å². The molecule has 0 bridgehead atoms. The first-order valence-electron chi connectivity index (χ1n) is 11.3. The molecule has 1 aliphatic heterocycles. The van der Waals surface area contributed by atoms with E-state index in [9.17, 15) is 10.1 Å². The summed E-state index contributed by atoms with van der Waals surface area (Å²) in [6, 6.07) is 15.6. The van der Waals surface area contributed by atoms with Gasteiger partial charge in [0.05, 0.1) is 11.2 Å². The Kier molecular flexibility index (Phi) is 6.18. The van der Waals surface area contributed by atoms with Gasteiger partial charge in [0, 0.05) is 38.5 Å². The second kappa shape index (κ2) is 9.04. The van der Waals surface area contributed by atoms with Crippen molar-refractivity contribution in [2.24, 2.45) is 13.0 Å². The molecule has 0 aliphatic carbocycles. The number of fused-ring (bicyclic) bond motifs is 1. The van der Waals surface area contributed by atoms with Gasteiger partial charge in [0.25, 0.3) is 5.56 Å². The number of nitriles is 1. The van der Waals surface area contributed by atoms with Crippen LogP contribution in [-0.4, -0.2) is 28.7 Å². The molecule has 0 N–H and O–H groups in total. The second-order valence-corrected chi connectivity index (χ2v) is 8.89. The molecule has 32 heavy (non-hydrogen) atoms. The quantitative estimate of drug-likeness (QED) is 0.591. The van der Waals surface area contributed by atoms with Crippen molar-refractivity contribution in [1.82, 2.24) is 9.55 Å². The summed E-state index contributed by atoms with van der Waals surface area (Å²) in [4.78, 5) is 19.4. The van der Waals surface area contributed by atoms with Crippen LogP contribution in [0.3, 0.4) is 0 Å². The fourth-order valence-electron chi connectivity index (χ4n) is 4.51. The zero-order valence-corrected chi connectivity index (χ0v) is 19.2. The molecular weight excluding hydrogens is 400 g/mol. The van der Waals surface area contributed by atoms with E-state index >= 15 is 0 Å². The normalized spacial score (nSPS) is 18.7. The summed E-state index contributed by atoms with van der Waals surface area (Å²) in [7, 11) is 1.74. The van der Waals surface area contributed by atoms with E-state index in [1.165, 1.54) is 5.56 Å². The summed E-state index contributed by atoms with van der Waals surface area (Å²) < 4.78 is 8.03. The molecule has 0 saturated carbocycles. The number of rotatable bonds is 5. The molecule has 2 unspecified atom stereocenters. The number of aromatic nitrogens is 2. The van der Waals surface area contributed by atoms with E-state index in [0.29, 0.717) is 23.0 Å². The lowest BCUT2D eigenvalue weighted by Crippen LogP contribution is -2.46. The second-order valence-electron chi connectivity index (χ2n) is 8.89. The highest BCUT2D eigenvalue weighted by Crippen LogP contribution is 2.32. The molecule has 1 aromatic carbocycles. The third-order valence-electron chi connectivity index (χ3n) is 6.52. The van der Waals surface area contributed by atoms with Crippen molar-refractivity contribution in [2.45, 2.75) is 45.6 Å². The van der Waals surface area contributed by atoms with Crippen molar-refractivity contribution in [3.8, 4) is 11.8 Å².